The number of nitrogens with one attached hydrogen (secondary N) is 2. The van der Waals surface area contributed by atoms with E-state index in [4.69, 9.17) is 4.52 Å². The summed E-state index contributed by atoms with van der Waals surface area (Å²) in [5.41, 5.74) is 1.65. The third-order valence-corrected chi connectivity index (χ3v) is 4.03. The number of anilines is 1. The molecule has 0 aliphatic rings. The molecule has 0 radical (unpaired) electrons. The zero-order valence-corrected chi connectivity index (χ0v) is 14.1. The highest BCUT2D eigenvalue weighted by molar-refractivity contribution is 7.03. The molecule has 7 nitrogen and oxygen atoms in total. The van der Waals surface area contributed by atoms with Gasteiger partial charge in [-0.2, -0.15) is 0 Å². The quantitative estimate of drug-likeness (QED) is 0.715. The van der Waals surface area contributed by atoms with Crippen molar-refractivity contribution in [2.75, 3.05) is 5.32 Å². The number of aromatic nitrogens is 3. The average Bonchev–Trinajstić information content (AvgIpc) is 3.25. The normalized spacial score (nSPS) is 13.4. The Morgan fingerprint density at radius 1 is 1.29 bits per heavy atom. The van der Waals surface area contributed by atoms with Crippen LogP contribution in [0.4, 0.5) is 5.82 Å². The van der Waals surface area contributed by atoms with E-state index in [1.807, 2.05) is 42.6 Å². The molecule has 0 spiro atoms. The Morgan fingerprint density at radius 3 is 2.71 bits per heavy atom. The summed E-state index contributed by atoms with van der Waals surface area (Å²) in [5, 5.41) is 15.8. The van der Waals surface area contributed by atoms with E-state index in [0.717, 1.165) is 11.3 Å². The van der Waals surface area contributed by atoms with Crippen molar-refractivity contribution < 1.29 is 9.32 Å². The fraction of sp³-hybridized carbons (Fsp3) is 0.250. The Hall–Kier alpha value is -2.58. The van der Waals surface area contributed by atoms with E-state index in [-0.39, 0.29) is 11.9 Å². The van der Waals surface area contributed by atoms with Crippen molar-refractivity contribution in [3.8, 4) is 0 Å². The second-order valence-electron chi connectivity index (χ2n) is 5.37. The Labute approximate surface area is 143 Å². The molecule has 124 valence electrons. The molecule has 2 heterocycles. The third-order valence-electron chi connectivity index (χ3n) is 3.51. The van der Waals surface area contributed by atoms with Crippen molar-refractivity contribution in [2.45, 2.75) is 25.9 Å². The van der Waals surface area contributed by atoms with Crippen LogP contribution in [0.3, 0.4) is 0 Å². The molecule has 2 atom stereocenters. The average molecular weight is 343 g/mol. The lowest BCUT2D eigenvalue weighted by Gasteiger charge is -2.21. The topological polar surface area (TPSA) is 92.9 Å². The van der Waals surface area contributed by atoms with Crippen LogP contribution in [0, 0.1) is 6.92 Å². The molecular weight excluding hydrogens is 326 g/mol. The number of benzene rings is 1. The smallest absolute Gasteiger partial charge is 0.247 e. The van der Waals surface area contributed by atoms with E-state index in [1.54, 1.807) is 13.0 Å². The van der Waals surface area contributed by atoms with E-state index in [0.29, 0.717) is 11.6 Å². The van der Waals surface area contributed by atoms with Crippen molar-refractivity contribution in [2.24, 2.45) is 0 Å². The summed E-state index contributed by atoms with van der Waals surface area (Å²) < 4.78 is 8.86. The lowest BCUT2D eigenvalue weighted by Crippen LogP contribution is -2.34. The highest BCUT2D eigenvalue weighted by Crippen LogP contribution is 2.21. The first-order valence-corrected chi connectivity index (χ1v) is 8.29. The maximum absolute atomic E-state index is 12.7. The second kappa shape index (κ2) is 7.33. The number of amides is 1. The first-order chi connectivity index (χ1) is 11.6. The molecule has 0 saturated carbocycles. The van der Waals surface area contributed by atoms with Gasteiger partial charge in [0.1, 0.15) is 11.8 Å². The Kier molecular flexibility index (Phi) is 4.97. The van der Waals surface area contributed by atoms with Crippen molar-refractivity contribution in [1.82, 2.24) is 20.1 Å². The third kappa shape index (κ3) is 3.84. The van der Waals surface area contributed by atoms with Crippen LogP contribution in [0.1, 0.15) is 36.0 Å². The number of carbonyl (C=O) groups is 1. The molecule has 0 aliphatic carbocycles. The fourth-order valence-electron chi connectivity index (χ4n) is 2.29. The van der Waals surface area contributed by atoms with Crippen LogP contribution in [0.25, 0.3) is 0 Å². The van der Waals surface area contributed by atoms with Gasteiger partial charge in [0.05, 0.1) is 11.7 Å². The van der Waals surface area contributed by atoms with Gasteiger partial charge in [0, 0.05) is 11.4 Å². The van der Waals surface area contributed by atoms with Gasteiger partial charge in [-0.05, 0) is 30.9 Å². The van der Waals surface area contributed by atoms with Crippen LogP contribution in [-0.2, 0) is 4.79 Å². The zero-order valence-electron chi connectivity index (χ0n) is 13.3. The largest absolute Gasteiger partial charge is 0.360 e. The van der Waals surface area contributed by atoms with Crippen LogP contribution < -0.4 is 10.6 Å². The minimum Gasteiger partial charge on any atom is -0.360 e. The fourth-order valence-corrected chi connectivity index (χ4v) is 2.84. The van der Waals surface area contributed by atoms with Crippen LogP contribution in [0.2, 0.25) is 0 Å². The summed E-state index contributed by atoms with van der Waals surface area (Å²) in [6.07, 6.45) is 0. The molecule has 0 fully saturated rings. The molecule has 8 heteroatoms. The predicted octanol–water partition coefficient (Wildman–Crippen LogP) is 2.87. The zero-order chi connectivity index (χ0) is 16.9. The van der Waals surface area contributed by atoms with E-state index in [1.165, 1.54) is 11.5 Å². The second-order valence-corrected chi connectivity index (χ2v) is 5.98. The van der Waals surface area contributed by atoms with Crippen LogP contribution >= 0.6 is 11.5 Å². The minimum atomic E-state index is -0.556. The number of nitrogens with zero attached hydrogens (tertiary/aromatic N) is 3. The standard InChI is InChI=1S/C16H17N5O2S/c1-10-8-14(20-23-10)18-16(22)15(12-6-4-3-5-7-12)17-11(2)13-9-24-21-19-13/h3-9,11,15,17H,1-2H3,(H,18,20,22). The molecule has 3 aromatic rings. The molecule has 2 unspecified atom stereocenters. The van der Waals surface area contributed by atoms with Crippen molar-refractivity contribution >= 4 is 23.3 Å². The summed E-state index contributed by atoms with van der Waals surface area (Å²) in [6, 6.07) is 10.5. The molecule has 3 rings (SSSR count). The van der Waals surface area contributed by atoms with Crippen LogP contribution in [0.15, 0.2) is 46.3 Å². The van der Waals surface area contributed by atoms with Crippen LogP contribution in [0.5, 0.6) is 0 Å². The summed E-state index contributed by atoms with van der Waals surface area (Å²) in [7, 11) is 0. The van der Waals surface area contributed by atoms with Crippen molar-refractivity contribution in [3.05, 3.63) is 58.8 Å². The number of aryl methyl sites for hydroxylation is 1. The van der Waals surface area contributed by atoms with E-state index >= 15 is 0 Å². The molecule has 2 N–H and O–H groups in total. The maximum atomic E-state index is 12.7. The molecule has 24 heavy (non-hydrogen) atoms. The lowest BCUT2D eigenvalue weighted by molar-refractivity contribution is -0.118. The Morgan fingerprint density at radius 2 is 2.08 bits per heavy atom. The van der Waals surface area contributed by atoms with Gasteiger partial charge in [0.15, 0.2) is 5.82 Å². The van der Waals surface area contributed by atoms with Gasteiger partial charge in [-0.3, -0.25) is 10.1 Å². The molecule has 1 aromatic carbocycles. The number of hydrogen-bond donors (Lipinski definition) is 2. The number of carbonyl (C=O) groups excluding carboxylic acids is 1. The highest BCUT2D eigenvalue weighted by Gasteiger charge is 2.24. The van der Waals surface area contributed by atoms with Gasteiger partial charge < -0.3 is 9.84 Å². The van der Waals surface area contributed by atoms with Gasteiger partial charge in [0.2, 0.25) is 5.91 Å². The Balaban J connectivity index is 1.80. The van der Waals surface area contributed by atoms with Gasteiger partial charge in [-0.1, -0.05) is 40.0 Å². The summed E-state index contributed by atoms with van der Waals surface area (Å²) in [5.74, 6) is 0.809. The molecule has 2 aromatic heterocycles. The van der Waals surface area contributed by atoms with Gasteiger partial charge in [0.25, 0.3) is 0 Å². The Bertz CT molecular complexity index is 788. The molecule has 0 bridgehead atoms. The van der Waals surface area contributed by atoms with Gasteiger partial charge >= 0.3 is 0 Å². The minimum absolute atomic E-state index is 0.126. The monoisotopic (exact) mass is 343 g/mol. The molecule has 1 amide bonds. The molecule has 0 aliphatic heterocycles. The summed E-state index contributed by atoms with van der Waals surface area (Å²) in [4.78, 5) is 12.7. The van der Waals surface area contributed by atoms with E-state index in [9.17, 15) is 4.79 Å². The first-order valence-electron chi connectivity index (χ1n) is 7.45. The molecular formula is C16H17N5O2S. The maximum Gasteiger partial charge on any atom is 0.247 e. The highest BCUT2D eigenvalue weighted by atomic mass is 32.1. The molecule has 0 saturated heterocycles. The summed E-state index contributed by atoms with van der Waals surface area (Å²) >= 11 is 1.28. The van der Waals surface area contributed by atoms with E-state index in [2.05, 4.69) is 25.4 Å². The number of hydrogen-bond acceptors (Lipinski definition) is 7. The lowest BCUT2D eigenvalue weighted by atomic mass is 10.0. The van der Waals surface area contributed by atoms with Crippen LogP contribution in [-0.4, -0.2) is 20.7 Å². The van der Waals surface area contributed by atoms with Gasteiger partial charge in [-0.15, -0.1) is 5.10 Å². The van der Waals surface area contributed by atoms with Gasteiger partial charge in [-0.25, -0.2) is 0 Å². The van der Waals surface area contributed by atoms with Crippen molar-refractivity contribution in [1.29, 1.82) is 0 Å². The predicted molar refractivity (Wildman–Crippen MR) is 90.5 cm³/mol. The summed E-state index contributed by atoms with van der Waals surface area (Å²) in [6.45, 7) is 3.72. The van der Waals surface area contributed by atoms with E-state index < -0.39 is 6.04 Å². The first kappa shape index (κ1) is 16.3. The SMILES string of the molecule is Cc1cc(NC(=O)C(NC(C)c2csnn2)c2ccccc2)no1. The number of rotatable bonds is 6. The van der Waals surface area contributed by atoms with Crippen molar-refractivity contribution in [3.63, 3.8) is 0 Å².